The number of hydrogen-bond donors (Lipinski definition) is 1. The first-order valence-electron chi connectivity index (χ1n) is 10.9. The number of fused-ring (bicyclic) bond motifs is 3. The van der Waals surface area contributed by atoms with E-state index in [-0.39, 0.29) is 5.91 Å². The number of nitrogens with one attached hydrogen (secondary N) is 1. The van der Waals surface area contributed by atoms with Crippen LogP contribution in [0, 0.1) is 13.8 Å². The summed E-state index contributed by atoms with van der Waals surface area (Å²) in [6, 6.07) is 10.2. The Morgan fingerprint density at radius 3 is 2.79 bits per heavy atom. The third kappa shape index (κ3) is 3.99. The Balaban J connectivity index is 1.71. The molecule has 0 fully saturated rings. The van der Waals surface area contributed by atoms with Crippen LogP contribution in [0.15, 0.2) is 41.7 Å². The number of oxime groups is 1. The molecule has 5 rings (SSSR count). The molecule has 0 saturated heterocycles. The number of benzene rings is 1. The molecule has 0 spiro atoms. The average molecular weight is 473 g/mol. The lowest BCUT2D eigenvalue weighted by atomic mass is 9.95. The van der Waals surface area contributed by atoms with E-state index in [4.69, 9.17) is 14.9 Å². The zero-order chi connectivity index (χ0) is 23.8. The molecule has 0 saturated carbocycles. The second-order valence-corrected chi connectivity index (χ2v) is 9.21. The van der Waals surface area contributed by atoms with Crippen LogP contribution in [0.5, 0.6) is 0 Å². The fourth-order valence-electron chi connectivity index (χ4n) is 4.20. The van der Waals surface area contributed by atoms with Crippen molar-refractivity contribution < 1.29 is 9.63 Å². The van der Waals surface area contributed by atoms with Crippen molar-refractivity contribution in [2.75, 3.05) is 12.4 Å². The van der Waals surface area contributed by atoms with Gasteiger partial charge in [0.25, 0.3) is 0 Å². The van der Waals surface area contributed by atoms with Crippen molar-refractivity contribution in [3.05, 3.63) is 64.6 Å². The maximum atomic E-state index is 11.6. The van der Waals surface area contributed by atoms with E-state index in [0.717, 1.165) is 62.9 Å². The minimum Gasteiger partial charge on any atom is -0.399 e. The predicted octanol–water partition coefficient (Wildman–Crippen LogP) is 4.71. The van der Waals surface area contributed by atoms with Crippen molar-refractivity contribution >= 4 is 28.6 Å². The van der Waals surface area contributed by atoms with Crippen LogP contribution in [0.1, 0.15) is 35.0 Å². The zero-order valence-electron chi connectivity index (χ0n) is 19.4. The van der Waals surface area contributed by atoms with Gasteiger partial charge >= 0.3 is 0 Å². The normalized spacial score (nSPS) is 12.5. The van der Waals surface area contributed by atoms with Crippen molar-refractivity contribution in [3.63, 3.8) is 0 Å². The summed E-state index contributed by atoms with van der Waals surface area (Å²) >= 11 is 1.49. The highest BCUT2D eigenvalue weighted by Crippen LogP contribution is 2.44. The summed E-state index contributed by atoms with van der Waals surface area (Å²) in [5.74, 6) is -0.129. The predicted molar refractivity (Wildman–Crippen MR) is 134 cm³/mol. The number of nitrogens with zero attached hydrogens (tertiary/aromatic N) is 5. The summed E-state index contributed by atoms with van der Waals surface area (Å²) in [6.07, 6.45) is 5.17. The van der Waals surface area contributed by atoms with Crippen LogP contribution in [0.4, 0.5) is 5.13 Å². The lowest BCUT2D eigenvalue weighted by molar-refractivity contribution is -0.114. The second-order valence-electron chi connectivity index (χ2n) is 8.21. The number of carbonyl (C=O) groups excluding carboxylic acids is 1. The van der Waals surface area contributed by atoms with Crippen LogP contribution < -0.4 is 5.32 Å². The standard InChI is InChI=1S/C25H24N6O2S/c1-14-11-17(12-27-33-4)6-10-21(14)31-23-19(22(30-31)18-7-5-15(2)26-13-18)8-9-20-24(23)34-25(29-20)28-16(3)32/h5-7,10-13H,8-9H2,1-4H3,(H,28,29,32)/b27-12+. The van der Waals surface area contributed by atoms with Gasteiger partial charge in [-0.25, -0.2) is 9.67 Å². The molecule has 4 aromatic rings. The largest absolute Gasteiger partial charge is 0.399 e. The summed E-state index contributed by atoms with van der Waals surface area (Å²) < 4.78 is 2.00. The summed E-state index contributed by atoms with van der Waals surface area (Å²) in [6.45, 7) is 5.53. The third-order valence-electron chi connectivity index (χ3n) is 5.73. The van der Waals surface area contributed by atoms with Gasteiger partial charge in [0.2, 0.25) is 5.91 Å². The number of anilines is 1. The molecule has 1 aliphatic rings. The number of amides is 1. The number of thiazole rings is 1. The number of aryl methyl sites for hydroxylation is 3. The van der Waals surface area contributed by atoms with Crippen LogP contribution in [0.3, 0.4) is 0 Å². The molecule has 9 heteroatoms. The Kier molecular flexibility index (Phi) is 5.70. The smallest absolute Gasteiger partial charge is 0.223 e. The Bertz CT molecular complexity index is 1420. The molecule has 1 aliphatic carbocycles. The molecule has 3 heterocycles. The Morgan fingerprint density at radius 1 is 1.24 bits per heavy atom. The molecule has 8 nitrogen and oxygen atoms in total. The minimum atomic E-state index is -0.129. The van der Waals surface area contributed by atoms with Crippen molar-refractivity contribution in [1.82, 2.24) is 19.7 Å². The summed E-state index contributed by atoms with van der Waals surface area (Å²) in [5, 5.41) is 12.4. The fourth-order valence-corrected chi connectivity index (χ4v) is 5.31. The Labute approximate surface area is 201 Å². The molecule has 3 aromatic heterocycles. The second kappa shape index (κ2) is 8.83. The molecule has 172 valence electrons. The SMILES string of the molecule is CO/N=C/c1ccc(-n2nc(-c3ccc(C)nc3)c3c2-c2sc(NC(C)=O)nc2CC3)c(C)c1. The van der Waals surface area contributed by atoms with Gasteiger partial charge in [-0.3, -0.25) is 9.78 Å². The molecular weight excluding hydrogens is 448 g/mol. The molecule has 34 heavy (non-hydrogen) atoms. The van der Waals surface area contributed by atoms with Gasteiger partial charge in [0, 0.05) is 29.9 Å². The van der Waals surface area contributed by atoms with E-state index < -0.39 is 0 Å². The van der Waals surface area contributed by atoms with E-state index >= 15 is 0 Å². The maximum absolute atomic E-state index is 11.6. The van der Waals surface area contributed by atoms with Crippen molar-refractivity contribution in [2.24, 2.45) is 5.16 Å². The number of hydrogen-bond acceptors (Lipinski definition) is 7. The topological polar surface area (TPSA) is 94.3 Å². The third-order valence-corrected chi connectivity index (χ3v) is 6.75. The summed E-state index contributed by atoms with van der Waals surface area (Å²) in [4.78, 5) is 26.7. The van der Waals surface area contributed by atoms with Gasteiger partial charge in [0.15, 0.2) is 5.13 Å². The molecular formula is C25H24N6O2S. The maximum Gasteiger partial charge on any atom is 0.223 e. The molecule has 0 atom stereocenters. The van der Waals surface area contributed by atoms with Crippen LogP contribution in [-0.4, -0.2) is 39.0 Å². The number of carbonyl (C=O) groups is 1. The van der Waals surface area contributed by atoms with Crippen molar-refractivity contribution in [3.8, 4) is 27.5 Å². The van der Waals surface area contributed by atoms with Crippen molar-refractivity contribution in [2.45, 2.75) is 33.6 Å². The first kappa shape index (κ1) is 22.0. The molecule has 0 radical (unpaired) electrons. The first-order chi connectivity index (χ1) is 16.4. The molecule has 1 N–H and O–H groups in total. The van der Waals surface area contributed by atoms with Crippen LogP contribution in [0.25, 0.3) is 27.5 Å². The Morgan fingerprint density at radius 2 is 2.09 bits per heavy atom. The van der Waals surface area contributed by atoms with Gasteiger partial charge in [0.1, 0.15) is 7.11 Å². The van der Waals surface area contributed by atoms with E-state index in [1.807, 2.05) is 36.0 Å². The van der Waals surface area contributed by atoms with Gasteiger partial charge in [-0.1, -0.05) is 22.6 Å². The monoisotopic (exact) mass is 472 g/mol. The van der Waals surface area contributed by atoms with Gasteiger partial charge < -0.3 is 10.2 Å². The fraction of sp³-hybridized carbons (Fsp3) is 0.240. The highest BCUT2D eigenvalue weighted by atomic mass is 32.1. The zero-order valence-corrected chi connectivity index (χ0v) is 20.2. The van der Waals surface area contributed by atoms with E-state index in [0.29, 0.717) is 5.13 Å². The van der Waals surface area contributed by atoms with Crippen molar-refractivity contribution in [1.29, 1.82) is 0 Å². The first-order valence-corrected chi connectivity index (χ1v) is 11.8. The highest BCUT2D eigenvalue weighted by Gasteiger charge is 2.30. The van der Waals surface area contributed by atoms with E-state index in [1.54, 1.807) is 6.21 Å². The molecule has 0 aliphatic heterocycles. The molecule has 0 unspecified atom stereocenters. The van der Waals surface area contributed by atoms with Gasteiger partial charge in [0.05, 0.1) is 33.9 Å². The minimum absolute atomic E-state index is 0.129. The van der Waals surface area contributed by atoms with Crippen LogP contribution in [0.2, 0.25) is 0 Å². The van der Waals surface area contributed by atoms with E-state index in [9.17, 15) is 4.79 Å². The molecule has 1 aromatic carbocycles. The van der Waals surface area contributed by atoms with Gasteiger partial charge in [-0.2, -0.15) is 5.10 Å². The summed E-state index contributed by atoms with van der Waals surface area (Å²) in [7, 11) is 1.52. The van der Waals surface area contributed by atoms with Gasteiger partial charge in [-0.15, -0.1) is 0 Å². The number of pyridine rings is 1. The van der Waals surface area contributed by atoms with E-state index in [2.05, 4.69) is 34.5 Å². The number of aromatic nitrogens is 4. The van der Waals surface area contributed by atoms with Gasteiger partial charge in [-0.05, 0) is 62.1 Å². The Hall–Kier alpha value is -3.85. The van der Waals surface area contributed by atoms with E-state index in [1.165, 1.54) is 30.9 Å². The molecule has 0 bridgehead atoms. The lowest BCUT2D eigenvalue weighted by Crippen LogP contribution is -2.07. The summed E-state index contributed by atoms with van der Waals surface area (Å²) in [5.41, 5.74) is 9.01. The van der Waals surface area contributed by atoms with Crippen LogP contribution in [-0.2, 0) is 22.5 Å². The quantitative estimate of drug-likeness (QED) is 0.335. The number of rotatable bonds is 5. The lowest BCUT2D eigenvalue weighted by Gasteiger charge is -2.15. The highest BCUT2D eigenvalue weighted by molar-refractivity contribution is 7.19. The average Bonchev–Trinajstić information content (AvgIpc) is 3.38. The molecule has 1 amide bonds. The van der Waals surface area contributed by atoms with Crippen LogP contribution >= 0.6 is 11.3 Å².